The molecule has 1 saturated heterocycles. The Bertz CT molecular complexity index is 996. The molecule has 1 amide bonds. The van der Waals surface area contributed by atoms with Crippen LogP contribution in [0, 0.1) is 0 Å². The van der Waals surface area contributed by atoms with Gasteiger partial charge in [-0.3, -0.25) is 4.79 Å². The van der Waals surface area contributed by atoms with Gasteiger partial charge in [0.25, 0.3) is 5.91 Å². The predicted molar refractivity (Wildman–Crippen MR) is 114 cm³/mol. The van der Waals surface area contributed by atoms with Gasteiger partial charge < -0.3 is 10.1 Å². The first kappa shape index (κ1) is 20.7. The van der Waals surface area contributed by atoms with E-state index < -0.39 is 16.1 Å². The fraction of sp³-hybridized carbons (Fsp3) is 0.600. The molecule has 0 aromatic carbocycles. The summed E-state index contributed by atoms with van der Waals surface area (Å²) in [4.78, 5) is 18.6. The third kappa shape index (κ3) is 4.05. The van der Waals surface area contributed by atoms with Crippen molar-refractivity contribution in [2.75, 3.05) is 19.7 Å². The summed E-state index contributed by atoms with van der Waals surface area (Å²) in [6, 6.07) is 3.76. The van der Waals surface area contributed by atoms with Crippen molar-refractivity contribution in [1.29, 1.82) is 0 Å². The molecule has 1 N–H and O–H groups in total. The smallest absolute Gasteiger partial charge is 0.262 e. The Balaban J connectivity index is 1.69. The maximum Gasteiger partial charge on any atom is 0.262 e. The predicted octanol–water partition coefficient (Wildman–Crippen LogP) is 3.08. The van der Waals surface area contributed by atoms with Gasteiger partial charge in [-0.15, -0.1) is 11.3 Å². The average molecular weight is 438 g/mol. The summed E-state index contributed by atoms with van der Waals surface area (Å²) in [5.74, 6) is -0.169. The molecule has 9 heteroatoms. The van der Waals surface area contributed by atoms with Crippen molar-refractivity contribution in [3.63, 3.8) is 0 Å². The normalized spacial score (nSPS) is 21.8. The van der Waals surface area contributed by atoms with E-state index in [0.717, 1.165) is 41.5 Å². The van der Waals surface area contributed by atoms with Gasteiger partial charge >= 0.3 is 0 Å². The number of thiophene rings is 1. The number of sulfonamides is 1. The molecule has 7 nitrogen and oxygen atoms in total. The van der Waals surface area contributed by atoms with Gasteiger partial charge in [0.2, 0.25) is 10.0 Å². The fourth-order valence-electron chi connectivity index (χ4n) is 4.20. The van der Waals surface area contributed by atoms with Gasteiger partial charge in [0.05, 0.1) is 18.0 Å². The number of nitrogens with one attached hydrogen (secondary N) is 1. The van der Waals surface area contributed by atoms with Crippen molar-refractivity contribution in [3.05, 3.63) is 28.8 Å². The lowest BCUT2D eigenvalue weighted by Crippen LogP contribution is -2.46. The Morgan fingerprint density at radius 1 is 1.34 bits per heavy atom. The Labute approximate surface area is 175 Å². The second-order valence-corrected chi connectivity index (χ2v) is 11.2. The van der Waals surface area contributed by atoms with E-state index in [1.807, 2.05) is 26.0 Å². The third-order valence-corrected chi connectivity index (χ3v) is 9.06. The number of hydrogen-bond donors (Lipinski definition) is 1. The van der Waals surface area contributed by atoms with E-state index in [1.165, 1.54) is 11.3 Å². The summed E-state index contributed by atoms with van der Waals surface area (Å²) < 4.78 is 33.8. The van der Waals surface area contributed by atoms with Crippen LogP contribution in [0.2, 0.25) is 0 Å². The van der Waals surface area contributed by atoms with Gasteiger partial charge in [-0.1, -0.05) is 18.9 Å². The van der Waals surface area contributed by atoms with Crippen molar-refractivity contribution >= 4 is 37.5 Å². The van der Waals surface area contributed by atoms with E-state index in [1.54, 1.807) is 10.5 Å². The molecular formula is C20H27N3O4S2. The first-order valence-corrected chi connectivity index (χ1v) is 12.5. The lowest BCUT2D eigenvalue weighted by Gasteiger charge is -2.34. The van der Waals surface area contributed by atoms with Crippen LogP contribution in [0.1, 0.15) is 60.9 Å². The molecule has 2 aromatic rings. The highest BCUT2D eigenvalue weighted by atomic mass is 32.2. The van der Waals surface area contributed by atoms with Crippen LogP contribution in [0.15, 0.2) is 18.3 Å². The lowest BCUT2D eigenvalue weighted by molar-refractivity contribution is -0.00220. The van der Waals surface area contributed by atoms with Crippen molar-refractivity contribution in [1.82, 2.24) is 14.6 Å². The van der Waals surface area contributed by atoms with Gasteiger partial charge in [-0.2, -0.15) is 4.31 Å². The quantitative estimate of drug-likeness (QED) is 0.777. The molecule has 2 aromatic heterocycles. The number of nitrogens with zero attached hydrogens (tertiary/aromatic N) is 2. The van der Waals surface area contributed by atoms with Crippen LogP contribution in [0.3, 0.4) is 0 Å². The number of carbonyl (C=O) groups is 1. The molecule has 29 heavy (non-hydrogen) atoms. The van der Waals surface area contributed by atoms with E-state index in [-0.39, 0.29) is 23.7 Å². The molecule has 2 fully saturated rings. The zero-order valence-corrected chi connectivity index (χ0v) is 18.4. The lowest BCUT2D eigenvalue weighted by atomic mass is 10.0. The number of carbonyl (C=O) groups excluding carboxylic acids is 1. The van der Waals surface area contributed by atoms with Gasteiger partial charge in [0, 0.05) is 36.3 Å². The Kier molecular flexibility index (Phi) is 5.92. The molecule has 0 unspecified atom stereocenters. The molecule has 4 rings (SSSR count). The van der Waals surface area contributed by atoms with Gasteiger partial charge in [-0.05, 0) is 32.8 Å². The maximum atomic E-state index is 13.1. The van der Waals surface area contributed by atoms with Crippen molar-refractivity contribution in [2.45, 2.75) is 56.9 Å². The number of ether oxygens (including phenoxy) is 1. The monoisotopic (exact) mass is 437 g/mol. The van der Waals surface area contributed by atoms with Crippen LogP contribution >= 0.6 is 11.3 Å². The van der Waals surface area contributed by atoms with Crippen LogP contribution in [-0.4, -0.2) is 54.6 Å². The van der Waals surface area contributed by atoms with Crippen LogP contribution in [0.5, 0.6) is 0 Å². The highest BCUT2D eigenvalue weighted by Gasteiger charge is 2.39. The minimum atomic E-state index is -3.35. The number of morpholine rings is 1. The first-order valence-electron chi connectivity index (χ1n) is 10.2. The molecule has 0 radical (unpaired) electrons. The second-order valence-electron chi connectivity index (χ2n) is 8.00. The van der Waals surface area contributed by atoms with E-state index in [2.05, 4.69) is 10.3 Å². The van der Waals surface area contributed by atoms with Gasteiger partial charge in [0.1, 0.15) is 9.71 Å². The molecule has 1 aliphatic heterocycles. The van der Waals surface area contributed by atoms with Crippen LogP contribution in [0.4, 0.5) is 0 Å². The second kappa shape index (κ2) is 8.29. The number of pyridine rings is 1. The molecule has 0 spiro atoms. The molecule has 0 bridgehead atoms. The standard InChI is InChI=1S/C20H27N3O4S2/c1-13(2)22-19(24)18-17(15-8-5-9-21-20(15)28-18)16-12-23(10-11-27-16)29(25,26)14-6-3-4-7-14/h5,8-9,13-14,16H,3-4,6-7,10-12H2,1-2H3,(H,22,24)/t16-/m0/s1. The highest BCUT2D eigenvalue weighted by molar-refractivity contribution is 7.89. The number of amides is 1. The number of aromatic nitrogens is 1. The number of fused-ring (bicyclic) bond motifs is 1. The summed E-state index contributed by atoms with van der Waals surface area (Å²) in [5.41, 5.74) is 0.752. The van der Waals surface area contributed by atoms with E-state index in [9.17, 15) is 13.2 Å². The Morgan fingerprint density at radius 2 is 2.10 bits per heavy atom. The van der Waals surface area contributed by atoms with Crippen LogP contribution < -0.4 is 5.32 Å². The summed E-state index contributed by atoms with van der Waals surface area (Å²) >= 11 is 1.33. The highest BCUT2D eigenvalue weighted by Crippen LogP contribution is 2.38. The largest absolute Gasteiger partial charge is 0.371 e. The minimum absolute atomic E-state index is 0.0000356. The summed E-state index contributed by atoms with van der Waals surface area (Å²) in [7, 11) is -3.35. The minimum Gasteiger partial charge on any atom is -0.371 e. The third-order valence-electron chi connectivity index (χ3n) is 5.57. The SMILES string of the molecule is CC(C)NC(=O)c1sc2ncccc2c1[C@@H]1CN(S(=O)(=O)C2CCCC2)CCO1. The topological polar surface area (TPSA) is 88.6 Å². The summed E-state index contributed by atoms with van der Waals surface area (Å²) in [6.07, 6.45) is 4.63. The Hall–Kier alpha value is -1.55. The molecule has 1 atom stereocenters. The van der Waals surface area contributed by atoms with Crippen LogP contribution in [0.25, 0.3) is 10.2 Å². The molecule has 1 saturated carbocycles. The number of rotatable bonds is 5. The molecule has 3 heterocycles. The van der Waals surface area contributed by atoms with Crippen LogP contribution in [-0.2, 0) is 14.8 Å². The Morgan fingerprint density at radius 3 is 2.83 bits per heavy atom. The maximum absolute atomic E-state index is 13.1. The van der Waals surface area contributed by atoms with Gasteiger partial charge in [0.15, 0.2) is 0 Å². The molecule has 1 aliphatic carbocycles. The first-order chi connectivity index (χ1) is 13.9. The van der Waals surface area contributed by atoms with Crippen molar-refractivity contribution < 1.29 is 17.9 Å². The molecular weight excluding hydrogens is 410 g/mol. The molecule has 2 aliphatic rings. The van der Waals surface area contributed by atoms with Crippen molar-refractivity contribution in [2.24, 2.45) is 0 Å². The number of hydrogen-bond acceptors (Lipinski definition) is 6. The van der Waals surface area contributed by atoms with E-state index >= 15 is 0 Å². The summed E-state index contributed by atoms with van der Waals surface area (Å²) in [5, 5.41) is 3.51. The molecule has 158 valence electrons. The van der Waals surface area contributed by atoms with Gasteiger partial charge in [-0.25, -0.2) is 13.4 Å². The fourth-order valence-corrected chi connectivity index (χ4v) is 7.32. The van der Waals surface area contributed by atoms with Crippen molar-refractivity contribution in [3.8, 4) is 0 Å². The van der Waals surface area contributed by atoms with E-state index in [0.29, 0.717) is 18.0 Å². The average Bonchev–Trinajstić information content (AvgIpc) is 3.36. The zero-order chi connectivity index (χ0) is 20.6. The summed E-state index contributed by atoms with van der Waals surface area (Å²) in [6.45, 7) is 4.75. The van der Waals surface area contributed by atoms with E-state index in [4.69, 9.17) is 4.74 Å². The zero-order valence-electron chi connectivity index (χ0n) is 16.8.